The Kier molecular flexibility index (Phi) is 6.34. The van der Waals surface area contributed by atoms with Gasteiger partial charge in [-0.2, -0.15) is 0 Å². The van der Waals surface area contributed by atoms with Crippen LogP contribution in [-0.4, -0.2) is 37.1 Å². The first-order valence-electron chi connectivity index (χ1n) is 9.65. The summed E-state index contributed by atoms with van der Waals surface area (Å²) in [5, 5.41) is 2.98. The number of H-pyrrole nitrogens is 1. The summed E-state index contributed by atoms with van der Waals surface area (Å²) in [4.78, 5) is 19.3. The predicted octanol–water partition coefficient (Wildman–Crippen LogP) is 4.40. The first-order valence-corrected chi connectivity index (χ1v) is 12.1. The van der Waals surface area contributed by atoms with Crippen LogP contribution in [0.1, 0.15) is 0 Å². The highest BCUT2D eigenvalue weighted by Gasteiger charge is 2.21. The minimum Gasteiger partial charge on any atom is -0.333 e. The third-order valence-electron chi connectivity index (χ3n) is 4.74. The normalized spacial score (nSPS) is 11.5. The largest absolute Gasteiger partial charge is 0.333 e. The number of halogens is 2. The number of nitrogens with one attached hydrogen (secondary N) is 2. The lowest BCUT2D eigenvalue weighted by atomic mass is 10.3. The molecule has 7 nitrogen and oxygen atoms in total. The van der Waals surface area contributed by atoms with E-state index in [-0.39, 0.29) is 16.2 Å². The minimum absolute atomic E-state index is 0.0284. The molecule has 0 saturated heterocycles. The first-order chi connectivity index (χ1) is 15.7. The number of sulfonamides is 1. The Morgan fingerprint density at radius 1 is 1.06 bits per heavy atom. The van der Waals surface area contributed by atoms with Gasteiger partial charge in [-0.25, -0.2) is 22.2 Å². The molecule has 0 unspecified atom stereocenters. The lowest BCUT2D eigenvalue weighted by Crippen LogP contribution is -2.26. The summed E-state index contributed by atoms with van der Waals surface area (Å²) < 4.78 is 53.7. The fraction of sp³-hybridized carbons (Fsp3) is 0.0909. The molecule has 0 atom stereocenters. The Hall–Kier alpha value is -3.44. The van der Waals surface area contributed by atoms with E-state index in [0.29, 0.717) is 22.0 Å². The maximum absolute atomic E-state index is 13.3. The van der Waals surface area contributed by atoms with E-state index in [9.17, 15) is 22.0 Å². The number of para-hydroxylation sites is 1. The summed E-state index contributed by atoms with van der Waals surface area (Å²) in [5.74, 6) is -2.45. The zero-order chi connectivity index (χ0) is 23.6. The molecule has 1 heterocycles. The van der Waals surface area contributed by atoms with Crippen LogP contribution in [0.2, 0.25) is 0 Å². The van der Waals surface area contributed by atoms with Crippen LogP contribution in [0.15, 0.2) is 76.8 Å². The molecule has 0 aliphatic heterocycles. The molecular formula is C22H18F2N4O3S2. The van der Waals surface area contributed by atoms with Gasteiger partial charge in [0.1, 0.15) is 0 Å². The minimum atomic E-state index is -3.83. The number of anilines is 2. The van der Waals surface area contributed by atoms with Crippen molar-refractivity contribution in [3.63, 3.8) is 0 Å². The fourth-order valence-electron chi connectivity index (χ4n) is 3.05. The van der Waals surface area contributed by atoms with Crippen LogP contribution in [0.3, 0.4) is 0 Å². The van der Waals surface area contributed by atoms with Crippen molar-refractivity contribution in [2.24, 2.45) is 0 Å². The van der Waals surface area contributed by atoms with Gasteiger partial charge < -0.3 is 10.3 Å². The molecule has 0 saturated carbocycles. The molecule has 0 radical (unpaired) electrons. The molecule has 1 aromatic heterocycles. The molecule has 33 heavy (non-hydrogen) atoms. The number of hydrogen-bond donors (Lipinski definition) is 2. The number of benzene rings is 3. The second-order valence-corrected chi connectivity index (χ2v) is 9.93. The van der Waals surface area contributed by atoms with Gasteiger partial charge in [-0.15, -0.1) is 0 Å². The zero-order valence-electron chi connectivity index (χ0n) is 17.2. The zero-order valence-corrected chi connectivity index (χ0v) is 18.9. The average Bonchev–Trinajstić information content (AvgIpc) is 3.19. The van der Waals surface area contributed by atoms with Gasteiger partial charge in [0.2, 0.25) is 5.91 Å². The van der Waals surface area contributed by atoms with E-state index in [4.69, 9.17) is 0 Å². The second kappa shape index (κ2) is 9.20. The Labute approximate surface area is 192 Å². The number of hydrogen-bond acceptors (Lipinski definition) is 5. The van der Waals surface area contributed by atoms with Crippen LogP contribution in [0.5, 0.6) is 0 Å². The van der Waals surface area contributed by atoms with E-state index in [1.807, 2.05) is 0 Å². The van der Waals surface area contributed by atoms with Gasteiger partial charge >= 0.3 is 0 Å². The predicted molar refractivity (Wildman–Crippen MR) is 124 cm³/mol. The number of nitrogens with zero attached hydrogens (tertiary/aromatic N) is 2. The quantitative estimate of drug-likeness (QED) is 0.376. The van der Waals surface area contributed by atoms with Crippen molar-refractivity contribution in [2.45, 2.75) is 10.1 Å². The Morgan fingerprint density at radius 2 is 1.79 bits per heavy atom. The first kappa shape index (κ1) is 22.7. The van der Waals surface area contributed by atoms with Gasteiger partial charge in [-0.05, 0) is 30.3 Å². The van der Waals surface area contributed by atoms with Gasteiger partial charge in [0.25, 0.3) is 10.0 Å². The molecule has 0 aliphatic carbocycles. The molecule has 3 aromatic carbocycles. The van der Waals surface area contributed by atoms with Crippen LogP contribution in [0.25, 0.3) is 11.0 Å². The standard InChI is InChI=1S/C22H18F2N4O3S2/c1-28(15-7-3-2-4-8-15)33(30,31)16-9-5-6-14(10-16)25-21(29)13-32-22-26-19-11-17(23)18(24)12-20(19)27-22/h2-12H,13H2,1H3,(H,25,29)(H,26,27). The van der Waals surface area contributed by atoms with Crippen molar-refractivity contribution in [1.82, 2.24) is 9.97 Å². The van der Waals surface area contributed by atoms with Gasteiger partial charge in [-0.1, -0.05) is 36.0 Å². The number of imidazole rings is 1. The fourth-order valence-corrected chi connectivity index (χ4v) is 4.98. The number of fused-ring (bicyclic) bond motifs is 1. The summed E-state index contributed by atoms with van der Waals surface area (Å²) in [6, 6.07) is 16.6. The second-order valence-electron chi connectivity index (χ2n) is 7.00. The number of amides is 1. The number of aromatic amines is 1. The molecule has 0 fully saturated rings. The molecule has 0 spiro atoms. The highest BCUT2D eigenvalue weighted by molar-refractivity contribution is 7.99. The Balaban J connectivity index is 1.43. The third-order valence-corrected chi connectivity index (χ3v) is 7.39. The van der Waals surface area contributed by atoms with Crippen LogP contribution in [0, 0.1) is 11.6 Å². The van der Waals surface area contributed by atoms with E-state index in [2.05, 4.69) is 15.3 Å². The molecule has 0 bridgehead atoms. The van der Waals surface area contributed by atoms with Crippen LogP contribution in [0.4, 0.5) is 20.2 Å². The van der Waals surface area contributed by atoms with Crippen molar-refractivity contribution in [3.8, 4) is 0 Å². The van der Waals surface area contributed by atoms with Gasteiger partial charge in [0, 0.05) is 24.9 Å². The molecule has 170 valence electrons. The lowest BCUT2D eigenvalue weighted by molar-refractivity contribution is -0.113. The summed E-state index contributed by atoms with van der Waals surface area (Å²) in [5.41, 5.74) is 1.39. The number of carbonyl (C=O) groups is 1. The lowest BCUT2D eigenvalue weighted by Gasteiger charge is -2.19. The third kappa shape index (κ3) is 4.99. The van der Waals surface area contributed by atoms with Gasteiger partial charge in [-0.3, -0.25) is 9.10 Å². The summed E-state index contributed by atoms with van der Waals surface area (Å²) >= 11 is 1.05. The van der Waals surface area contributed by atoms with E-state index in [1.165, 1.54) is 25.2 Å². The Morgan fingerprint density at radius 3 is 2.55 bits per heavy atom. The molecule has 4 rings (SSSR count). The maximum Gasteiger partial charge on any atom is 0.264 e. The number of thioether (sulfide) groups is 1. The number of carbonyl (C=O) groups excluding carboxylic acids is 1. The van der Waals surface area contributed by atoms with Crippen molar-refractivity contribution in [2.75, 3.05) is 22.4 Å². The molecule has 2 N–H and O–H groups in total. The maximum atomic E-state index is 13.3. The van der Waals surface area contributed by atoms with Crippen molar-refractivity contribution >= 4 is 50.1 Å². The highest BCUT2D eigenvalue weighted by Crippen LogP contribution is 2.25. The topological polar surface area (TPSA) is 95.2 Å². The summed E-state index contributed by atoms with van der Waals surface area (Å²) in [6.45, 7) is 0. The number of rotatable bonds is 7. The Bertz CT molecular complexity index is 1390. The number of aromatic nitrogens is 2. The molecule has 0 aliphatic rings. The monoisotopic (exact) mass is 488 g/mol. The SMILES string of the molecule is CN(c1ccccc1)S(=O)(=O)c1cccc(NC(=O)CSc2nc3cc(F)c(F)cc3[nH]2)c1. The van der Waals surface area contributed by atoms with E-state index in [1.54, 1.807) is 36.4 Å². The average molecular weight is 489 g/mol. The van der Waals surface area contributed by atoms with Crippen molar-refractivity contribution in [1.29, 1.82) is 0 Å². The van der Waals surface area contributed by atoms with Crippen LogP contribution >= 0.6 is 11.8 Å². The summed E-state index contributed by atoms with van der Waals surface area (Å²) in [7, 11) is -2.37. The summed E-state index contributed by atoms with van der Waals surface area (Å²) in [6.07, 6.45) is 0. The highest BCUT2D eigenvalue weighted by atomic mass is 32.2. The van der Waals surface area contributed by atoms with E-state index >= 15 is 0 Å². The van der Waals surface area contributed by atoms with Crippen molar-refractivity contribution in [3.05, 3.63) is 78.4 Å². The van der Waals surface area contributed by atoms with Crippen LogP contribution in [-0.2, 0) is 14.8 Å². The van der Waals surface area contributed by atoms with Gasteiger partial charge in [0.05, 0.1) is 27.4 Å². The van der Waals surface area contributed by atoms with E-state index < -0.39 is 27.6 Å². The smallest absolute Gasteiger partial charge is 0.264 e. The molecule has 1 amide bonds. The van der Waals surface area contributed by atoms with Crippen LogP contribution < -0.4 is 9.62 Å². The molecule has 4 aromatic rings. The molecule has 11 heteroatoms. The molecular weight excluding hydrogens is 470 g/mol. The van der Waals surface area contributed by atoms with E-state index in [0.717, 1.165) is 28.2 Å². The van der Waals surface area contributed by atoms with Gasteiger partial charge in [0.15, 0.2) is 16.8 Å². The van der Waals surface area contributed by atoms with Crippen molar-refractivity contribution < 1.29 is 22.0 Å².